The Morgan fingerprint density at radius 1 is 1.08 bits per heavy atom. The molecule has 0 atom stereocenters. The van der Waals surface area contributed by atoms with Gasteiger partial charge < -0.3 is 19.8 Å². The first-order chi connectivity index (χ1) is 4.59. The van der Waals surface area contributed by atoms with E-state index >= 15 is 0 Å². The average molecular weight is 358 g/mol. The first-order valence-corrected chi connectivity index (χ1v) is 3.02. The Morgan fingerprint density at radius 2 is 1.42 bits per heavy atom. The maximum Gasteiger partial charge on any atom is 1.00 e. The summed E-state index contributed by atoms with van der Waals surface area (Å²) in [5.41, 5.74) is -1.67. The maximum absolute atomic E-state index is 10.2. The Morgan fingerprint density at radius 3 is 1.42 bits per heavy atom. The summed E-state index contributed by atoms with van der Waals surface area (Å²) in [7, 11) is 0. The first kappa shape index (κ1) is 14.9. The predicted molar refractivity (Wildman–Crippen MR) is 26.3 cm³/mol. The van der Waals surface area contributed by atoms with Gasteiger partial charge in [0.2, 0.25) is 0 Å². The van der Waals surface area contributed by atoms with Crippen molar-refractivity contribution < 1.29 is 64.6 Å². The van der Waals surface area contributed by atoms with Gasteiger partial charge in [0.05, 0.1) is 11.9 Å². The smallest absolute Gasteiger partial charge is 0.549 e. The van der Waals surface area contributed by atoms with Crippen molar-refractivity contribution in [2.24, 2.45) is 5.41 Å². The van der Waals surface area contributed by atoms with Crippen LogP contribution < -0.4 is 10.2 Å². The van der Waals surface area contributed by atoms with Crippen molar-refractivity contribution in [2.45, 2.75) is 19.3 Å². The topological polar surface area (TPSA) is 80.3 Å². The fourth-order valence-corrected chi connectivity index (χ4v) is 1.02. The van der Waals surface area contributed by atoms with Gasteiger partial charge in [-0.3, -0.25) is 0 Å². The summed E-state index contributed by atoms with van der Waals surface area (Å²) in [6.45, 7) is 0. The molecule has 0 spiro atoms. The molecule has 0 unspecified atom stereocenters. The molecule has 1 rings (SSSR count). The zero-order chi connectivity index (χ0) is 7.78. The third-order valence-electron chi connectivity index (χ3n) is 1.99. The van der Waals surface area contributed by atoms with E-state index in [-0.39, 0.29) is 57.6 Å². The van der Waals surface area contributed by atoms with Gasteiger partial charge in [-0.15, -0.1) is 0 Å². The van der Waals surface area contributed by atoms with Crippen LogP contribution in [-0.2, 0) is 54.3 Å². The van der Waals surface area contributed by atoms with Crippen LogP contribution in [0.2, 0.25) is 0 Å². The van der Waals surface area contributed by atoms with Crippen LogP contribution in [0.25, 0.3) is 0 Å². The van der Waals surface area contributed by atoms with Gasteiger partial charge in [0.25, 0.3) is 0 Å². The molecule has 0 saturated heterocycles. The standard InChI is InChI=1S/C6H8O4.2Ag/c7-4(8)6(5(9)10)2-1-3-6;;/h1-3H2,(H,7,8)(H,9,10);;/q;;+1/p-2. The van der Waals surface area contributed by atoms with Gasteiger partial charge in [-0.2, -0.15) is 0 Å². The van der Waals surface area contributed by atoms with E-state index < -0.39 is 17.4 Å². The Labute approximate surface area is 101 Å². The van der Waals surface area contributed by atoms with E-state index in [9.17, 15) is 19.8 Å². The van der Waals surface area contributed by atoms with E-state index in [0.29, 0.717) is 6.42 Å². The summed E-state index contributed by atoms with van der Waals surface area (Å²) in [4.78, 5) is 20.4. The molecule has 0 aromatic rings. The molecule has 1 saturated carbocycles. The second kappa shape index (κ2) is 5.22. The zero-order valence-corrected chi connectivity index (χ0v) is 8.82. The molecule has 0 aliphatic heterocycles. The molecule has 12 heavy (non-hydrogen) atoms. The first-order valence-electron chi connectivity index (χ1n) is 3.02. The number of carbonyl (C=O) groups excluding carboxylic acids is 2. The molecule has 1 fully saturated rings. The van der Waals surface area contributed by atoms with Gasteiger partial charge in [0.1, 0.15) is 0 Å². The fourth-order valence-electron chi connectivity index (χ4n) is 1.02. The molecule has 6 heteroatoms. The van der Waals surface area contributed by atoms with E-state index in [1.807, 2.05) is 0 Å². The molecule has 0 aromatic heterocycles. The maximum atomic E-state index is 10.2. The Bertz CT molecular complexity index is 172. The largest absolute Gasteiger partial charge is 1.00 e. The SMILES string of the molecule is O=C([O-])C1(C(=O)[O-])CCC1.[Ag+].[Ag]. The molecule has 4 nitrogen and oxygen atoms in total. The van der Waals surface area contributed by atoms with Gasteiger partial charge in [0.15, 0.2) is 0 Å². The number of carboxylic acid groups (broad SMARTS) is 2. The van der Waals surface area contributed by atoms with E-state index in [4.69, 9.17) is 0 Å². The molecule has 1 aliphatic carbocycles. The van der Waals surface area contributed by atoms with Crippen LogP contribution in [-0.4, -0.2) is 11.9 Å². The van der Waals surface area contributed by atoms with Crippen LogP contribution in [0.4, 0.5) is 0 Å². The summed E-state index contributed by atoms with van der Waals surface area (Å²) in [6.07, 6.45) is 0.928. The average Bonchev–Trinajstić information content (AvgIpc) is 1.57. The molecule has 1 radical (unpaired) electrons. The van der Waals surface area contributed by atoms with Gasteiger partial charge >= 0.3 is 22.4 Å². The Balaban J connectivity index is 0. The minimum absolute atomic E-state index is 0. The summed E-state index contributed by atoms with van der Waals surface area (Å²) in [6, 6.07) is 0. The minimum Gasteiger partial charge on any atom is -0.549 e. The minimum atomic E-state index is -1.67. The van der Waals surface area contributed by atoms with Crippen LogP contribution >= 0.6 is 0 Å². The van der Waals surface area contributed by atoms with Gasteiger partial charge in [-0.05, 0) is 12.8 Å². The molecular formula is C6H6Ag2O4-. The summed E-state index contributed by atoms with van der Waals surface area (Å²) in [5.74, 6) is -3.03. The van der Waals surface area contributed by atoms with Crippen molar-refractivity contribution >= 4 is 11.9 Å². The number of hydrogen-bond donors (Lipinski definition) is 0. The molecule has 0 bridgehead atoms. The molecule has 0 heterocycles. The number of rotatable bonds is 2. The van der Waals surface area contributed by atoms with Crippen molar-refractivity contribution in [3.63, 3.8) is 0 Å². The zero-order valence-electron chi connectivity index (χ0n) is 5.86. The van der Waals surface area contributed by atoms with Gasteiger partial charge in [-0.25, -0.2) is 0 Å². The van der Waals surface area contributed by atoms with Crippen molar-refractivity contribution in [2.75, 3.05) is 0 Å². The molecule has 0 N–H and O–H groups in total. The van der Waals surface area contributed by atoms with E-state index in [1.165, 1.54) is 0 Å². The quantitative estimate of drug-likeness (QED) is 0.409. The molecule has 77 valence electrons. The van der Waals surface area contributed by atoms with Gasteiger partial charge in [0, 0.05) is 27.8 Å². The molecule has 0 aromatic carbocycles. The monoisotopic (exact) mass is 356 g/mol. The van der Waals surface area contributed by atoms with Crippen molar-refractivity contribution in [3.05, 3.63) is 0 Å². The van der Waals surface area contributed by atoms with E-state index in [1.54, 1.807) is 0 Å². The normalized spacial score (nSPS) is 17.7. The van der Waals surface area contributed by atoms with Gasteiger partial charge in [-0.1, -0.05) is 6.42 Å². The van der Waals surface area contributed by atoms with Crippen LogP contribution in [0.1, 0.15) is 19.3 Å². The summed E-state index contributed by atoms with van der Waals surface area (Å²) in [5, 5.41) is 20.4. The van der Waals surface area contributed by atoms with Crippen LogP contribution in [0.5, 0.6) is 0 Å². The van der Waals surface area contributed by atoms with Crippen LogP contribution in [0.15, 0.2) is 0 Å². The third kappa shape index (κ3) is 2.22. The molecule has 0 amide bonds. The number of carboxylic acids is 2. The summed E-state index contributed by atoms with van der Waals surface area (Å²) >= 11 is 0. The second-order valence-electron chi connectivity index (χ2n) is 2.51. The van der Waals surface area contributed by atoms with Crippen LogP contribution in [0.3, 0.4) is 0 Å². The van der Waals surface area contributed by atoms with Crippen LogP contribution in [0, 0.1) is 5.41 Å². The third-order valence-corrected chi connectivity index (χ3v) is 1.99. The molecular weight excluding hydrogens is 352 g/mol. The molecule has 1 aliphatic rings. The Hall–Kier alpha value is 0.421. The van der Waals surface area contributed by atoms with Crippen molar-refractivity contribution in [1.82, 2.24) is 0 Å². The van der Waals surface area contributed by atoms with E-state index in [2.05, 4.69) is 0 Å². The fraction of sp³-hybridized carbons (Fsp3) is 0.667. The number of hydrogen-bond acceptors (Lipinski definition) is 4. The summed E-state index contributed by atoms with van der Waals surface area (Å²) < 4.78 is 0. The van der Waals surface area contributed by atoms with Crippen molar-refractivity contribution in [1.29, 1.82) is 0 Å². The second-order valence-corrected chi connectivity index (χ2v) is 2.51. The van der Waals surface area contributed by atoms with E-state index in [0.717, 1.165) is 0 Å². The Kier molecular flexibility index (Phi) is 6.48. The number of carbonyl (C=O) groups is 2. The number of aliphatic carboxylic acids is 2. The predicted octanol–water partition coefficient (Wildman–Crippen LogP) is -2.35. The van der Waals surface area contributed by atoms with Crippen molar-refractivity contribution in [3.8, 4) is 0 Å².